The molecule has 1 aliphatic rings. The number of anilines is 1. The van der Waals surface area contributed by atoms with Crippen molar-refractivity contribution in [2.24, 2.45) is 0 Å². The molecule has 0 aliphatic carbocycles. The Labute approximate surface area is 169 Å². The molecule has 3 aromatic rings. The summed E-state index contributed by atoms with van der Waals surface area (Å²) in [5.74, 6) is -0.642. The number of hydrogen-bond acceptors (Lipinski definition) is 7. The van der Waals surface area contributed by atoms with E-state index < -0.39 is 0 Å². The van der Waals surface area contributed by atoms with E-state index in [0.29, 0.717) is 24.0 Å². The van der Waals surface area contributed by atoms with Gasteiger partial charge in [-0.3, -0.25) is 14.2 Å². The molecule has 1 aliphatic heterocycles. The minimum atomic E-state index is -0.378. The summed E-state index contributed by atoms with van der Waals surface area (Å²) < 4.78 is 20.1. The number of carbonyl (C=O) groups excluding carboxylic acids is 1. The average Bonchev–Trinajstić information content (AvgIpc) is 3.24. The Morgan fingerprint density at radius 1 is 1.28 bits per heavy atom. The zero-order valence-electron chi connectivity index (χ0n) is 15.4. The van der Waals surface area contributed by atoms with Crippen LogP contribution >= 0.6 is 11.8 Å². The maximum atomic E-state index is 13.0. The number of aromatic nitrogens is 4. The summed E-state index contributed by atoms with van der Waals surface area (Å²) in [6.07, 6.45) is 4.65. The number of benzene rings is 1. The van der Waals surface area contributed by atoms with Crippen LogP contribution in [0.15, 0.2) is 46.6 Å². The smallest absolute Gasteiger partial charge is 0.282 e. The number of ether oxygens (including phenoxy) is 1. The van der Waals surface area contributed by atoms with Crippen molar-refractivity contribution in [1.29, 1.82) is 0 Å². The highest BCUT2D eigenvalue weighted by molar-refractivity contribution is 7.99. The molecule has 4 rings (SSSR count). The van der Waals surface area contributed by atoms with Crippen molar-refractivity contribution >= 4 is 34.5 Å². The second kappa shape index (κ2) is 8.66. The van der Waals surface area contributed by atoms with Crippen molar-refractivity contribution in [3.8, 4) is 0 Å². The van der Waals surface area contributed by atoms with E-state index in [1.165, 1.54) is 41.2 Å². The molecular formula is C19H18FN5O3S. The second-order valence-electron chi connectivity index (χ2n) is 6.52. The summed E-state index contributed by atoms with van der Waals surface area (Å²) in [6.45, 7) is 1.02. The van der Waals surface area contributed by atoms with Crippen LogP contribution < -0.4 is 10.9 Å². The van der Waals surface area contributed by atoms with Crippen molar-refractivity contribution in [2.45, 2.75) is 30.6 Å². The van der Waals surface area contributed by atoms with Gasteiger partial charge >= 0.3 is 0 Å². The molecule has 0 radical (unpaired) electrons. The first-order valence-corrected chi connectivity index (χ1v) is 10.1. The third kappa shape index (κ3) is 4.60. The number of nitrogens with zero attached hydrogens (tertiary/aromatic N) is 4. The summed E-state index contributed by atoms with van der Waals surface area (Å²) >= 11 is 1.13. The van der Waals surface area contributed by atoms with Crippen LogP contribution in [0, 0.1) is 5.82 Å². The number of rotatable bonds is 6. The van der Waals surface area contributed by atoms with Gasteiger partial charge in [-0.1, -0.05) is 11.8 Å². The third-order valence-corrected chi connectivity index (χ3v) is 5.41. The Kier molecular flexibility index (Phi) is 5.81. The van der Waals surface area contributed by atoms with E-state index in [-0.39, 0.29) is 40.3 Å². The van der Waals surface area contributed by atoms with Gasteiger partial charge in [-0.25, -0.2) is 19.3 Å². The van der Waals surface area contributed by atoms with Gasteiger partial charge in [-0.05, 0) is 37.1 Å². The lowest BCUT2D eigenvalue weighted by Crippen LogP contribution is -2.30. The molecule has 3 heterocycles. The highest BCUT2D eigenvalue weighted by Gasteiger charge is 2.21. The topological polar surface area (TPSA) is 99.0 Å². The Morgan fingerprint density at radius 3 is 2.83 bits per heavy atom. The number of thioether (sulfide) groups is 1. The fraction of sp³-hybridized carbons (Fsp3) is 0.316. The SMILES string of the molecule is O=C(CSc1nc2nccnc2c(=O)n1CC1CCCO1)Nc1ccc(F)cc1. The first kappa shape index (κ1) is 19.5. The Hall–Kier alpha value is -2.85. The molecule has 8 nitrogen and oxygen atoms in total. The van der Waals surface area contributed by atoms with Gasteiger partial charge < -0.3 is 10.1 Å². The van der Waals surface area contributed by atoms with Gasteiger partial charge in [0.1, 0.15) is 5.82 Å². The van der Waals surface area contributed by atoms with Crippen molar-refractivity contribution in [1.82, 2.24) is 19.5 Å². The normalized spacial score (nSPS) is 16.2. The molecule has 150 valence electrons. The number of halogens is 1. The second-order valence-corrected chi connectivity index (χ2v) is 7.46. The fourth-order valence-corrected chi connectivity index (χ4v) is 3.85. The number of carbonyl (C=O) groups is 1. The summed E-state index contributed by atoms with van der Waals surface area (Å²) in [5, 5.41) is 3.07. The Bertz CT molecular complexity index is 1080. The van der Waals surface area contributed by atoms with Crippen LogP contribution in [-0.4, -0.2) is 43.9 Å². The van der Waals surface area contributed by atoms with E-state index in [2.05, 4.69) is 20.3 Å². The summed E-state index contributed by atoms with van der Waals surface area (Å²) in [5.41, 5.74) is 0.610. The average molecular weight is 415 g/mol. The van der Waals surface area contributed by atoms with Crippen molar-refractivity contribution in [2.75, 3.05) is 17.7 Å². The standard InChI is InChI=1S/C19H18FN5O3S/c20-12-3-5-13(6-4-12)23-15(26)11-29-19-24-17-16(21-7-8-22-17)18(27)25(19)10-14-2-1-9-28-14/h3-8,14H,1-2,9-11H2,(H,23,26). The van der Waals surface area contributed by atoms with E-state index in [0.717, 1.165) is 24.6 Å². The highest BCUT2D eigenvalue weighted by Crippen LogP contribution is 2.20. The first-order valence-electron chi connectivity index (χ1n) is 9.11. The third-order valence-electron chi connectivity index (χ3n) is 4.43. The molecule has 1 atom stereocenters. The van der Waals surface area contributed by atoms with E-state index in [1.54, 1.807) is 0 Å². The number of nitrogens with one attached hydrogen (secondary N) is 1. The van der Waals surface area contributed by atoms with Crippen LogP contribution in [0.4, 0.5) is 10.1 Å². The van der Waals surface area contributed by atoms with Gasteiger partial charge in [0.2, 0.25) is 5.91 Å². The summed E-state index contributed by atoms with van der Waals surface area (Å²) in [7, 11) is 0. The van der Waals surface area contributed by atoms with Gasteiger partial charge in [0.05, 0.1) is 18.4 Å². The minimum absolute atomic E-state index is 0.0289. The molecule has 2 aromatic heterocycles. The van der Waals surface area contributed by atoms with Crippen LogP contribution in [0.3, 0.4) is 0 Å². The summed E-state index contributed by atoms with van der Waals surface area (Å²) in [4.78, 5) is 37.8. The molecular weight excluding hydrogens is 397 g/mol. The Balaban J connectivity index is 1.55. The Morgan fingerprint density at radius 2 is 2.07 bits per heavy atom. The van der Waals surface area contributed by atoms with Crippen LogP contribution in [0.1, 0.15) is 12.8 Å². The molecule has 0 spiro atoms. The molecule has 0 bridgehead atoms. The number of hydrogen-bond donors (Lipinski definition) is 1. The predicted octanol–water partition coefficient (Wildman–Crippen LogP) is 2.24. The van der Waals surface area contributed by atoms with Crippen molar-refractivity contribution in [3.05, 3.63) is 52.8 Å². The van der Waals surface area contributed by atoms with Crippen LogP contribution in [0.2, 0.25) is 0 Å². The van der Waals surface area contributed by atoms with E-state index in [4.69, 9.17) is 4.74 Å². The van der Waals surface area contributed by atoms with Crippen LogP contribution in [0.5, 0.6) is 0 Å². The fourth-order valence-electron chi connectivity index (χ4n) is 3.05. The van der Waals surface area contributed by atoms with Crippen LogP contribution in [0.25, 0.3) is 11.2 Å². The molecule has 1 unspecified atom stereocenters. The molecule has 0 saturated carbocycles. The van der Waals surface area contributed by atoms with Gasteiger partial charge in [0.25, 0.3) is 5.56 Å². The number of fused-ring (bicyclic) bond motifs is 1. The first-order chi connectivity index (χ1) is 14.1. The molecule has 1 aromatic carbocycles. The predicted molar refractivity (Wildman–Crippen MR) is 106 cm³/mol. The molecule has 1 amide bonds. The van der Waals surface area contributed by atoms with E-state index >= 15 is 0 Å². The lowest BCUT2D eigenvalue weighted by molar-refractivity contribution is -0.113. The van der Waals surface area contributed by atoms with E-state index in [1.807, 2.05) is 0 Å². The molecule has 1 fully saturated rings. The maximum Gasteiger partial charge on any atom is 0.282 e. The van der Waals surface area contributed by atoms with E-state index in [9.17, 15) is 14.0 Å². The molecule has 1 N–H and O–H groups in total. The summed E-state index contributed by atoms with van der Waals surface area (Å²) in [6, 6.07) is 5.50. The largest absolute Gasteiger partial charge is 0.376 e. The van der Waals surface area contributed by atoms with Gasteiger partial charge in [-0.15, -0.1) is 0 Å². The lowest BCUT2D eigenvalue weighted by atomic mass is 10.2. The van der Waals surface area contributed by atoms with Crippen molar-refractivity contribution < 1.29 is 13.9 Å². The number of amides is 1. The van der Waals surface area contributed by atoms with Gasteiger partial charge in [0.15, 0.2) is 16.3 Å². The zero-order chi connectivity index (χ0) is 20.2. The van der Waals surface area contributed by atoms with Crippen LogP contribution in [-0.2, 0) is 16.1 Å². The quantitative estimate of drug-likeness (QED) is 0.487. The zero-order valence-corrected chi connectivity index (χ0v) is 16.2. The molecule has 1 saturated heterocycles. The monoisotopic (exact) mass is 415 g/mol. The maximum absolute atomic E-state index is 13.0. The lowest BCUT2D eigenvalue weighted by Gasteiger charge is -2.15. The molecule has 10 heteroatoms. The molecule has 29 heavy (non-hydrogen) atoms. The van der Waals surface area contributed by atoms with Crippen molar-refractivity contribution in [3.63, 3.8) is 0 Å². The van der Waals surface area contributed by atoms with Gasteiger partial charge in [0, 0.05) is 24.7 Å². The minimum Gasteiger partial charge on any atom is -0.376 e. The highest BCUT2D eigenvalue weighted by atomic mass is 32.2. The van der Waals surface area contributed by atoms with Gasteiger partial charge in [-0.2, -0.15) is 0 Å².